The molecule has 0 aliphatic rings. The lowest BCUT2D eigenvalue weighted by Crippen LogP contribution is -2.33. The molecule has 0 saturated heterocycles. The van der Waals surface area contributed by atoms with E-state index in [1.54, 1.807) is 0 Å². The smallest absolute Gasteiger partial charge is 0.312 e. The highest BCUT2D eigenvalue weighted by Gasteiger charge is 1.99. The number of nitrogens with one attached hydrogen (secondary N) is 2. The van der Waals surface area contributed by atoms with Crippen molar-refractivity contribution in [3.63, 3.8) is 0 Å². The van der Waals surface area contributed by atoms with Crippen LogP contribution in [0.2, 0.25) is 0 Å². The zero-order chi connectivity index (χ0) is 11.5. The van der Waals surface area contributed by atoms with Crippen molar-refractivity contribution in [3.8, 4) is 0 Å². The first-order chi connectivity index (χ1) is 7.16. The Labute approximate surface area is 88.5 Å². The molecule has 7 heteroatoms. The van der Waals surface area contributed by atoms with Crippen molar-refractivity contribution in [1.29, 1.82) is 0 Å². The summed E-state index contributed by atoms with van der Waals surface area (Å²) in [7, 11) is 0. The van der Waals surface area contributed by atoms with E-state index in [4.69, 9.17) is 16.2 Å². The molecule has 0 spiro atoms. The summed E-state index contributed by atoms with van der Waals surface area (Å²) in [5, 5.41) is 5.08. The molecule has 0 aromatic rings. The molecule has 0 aromatic heterocycles. The van der Waals surface area contributed by atoms with Gasteiger partial charge in [0.1, 0.15) is 0 Å². The Balaban J connectivity index is 3.20. The second-order valence-electron chi connectivity index (χ2n) is 2.82. The van der Waals surface area contributed by atoms with Crippen molar-refractivity contribution < 1.29 is 14.3 Å². The third kappa shape index (κ3) is 10.6. The molecule has 3 amide bonds. The molecular formula is C8H18N4O3. The Hall–Kier alpha value is -1.34. The summed E-state index contributed by atoms with van der Waals surface area (Å²) in [6, 6.07) is -0.558. The van der Waals surface area contributed by atoms with Crippen molar-refractivity contribution in [3.05, 3.63) is 0 Å². The Bertz CT molecular complexity index is 198. The van der Waals surface area contributed by atoms with E-state index >= 15 is 0 Å². The molecule has 7 nitrogen and oxygen atoms in total. The molecule has 0 aromatic carbocycles. The topological polar surface area (TPSA) is 119 Å². The summed E-state index contributed by atoms with van der Waals surface area (Å²) in [4.78, 5) is 21.3. The lowest BCUT2D eigenvalue weighted by molar-refractivity contribution is -0.122. The second kappa shape index (κ2) is 9.22. The highest BCUT2D eigenvalue weighted by Crippen LogP contribution is 1.82. The average Bonchev–Trinajstić information content (AvgIpc) is 2.17. The van der Waals surface area contributed by atoms with Gasteiger partial charge in [0.05, 0.1) is 19.8 Å². The Morgan fingerprint density at radius 1 is 1.20 bits per heavy atom. The maximum absolute atomic E-state index is 11.1. The number of hydrogen-bond acceptors (Lipinski definition) is 4. The van der Waals surface area contributed by atoms with Gasteiger partial charge < -0.3 is 26.8 Å². The molecule has 0 heterocycles. The number of amides is 3. The second-order valence-corrected chi connectivity index (χ2v) is 2.82. The zero-order valence-corrected chi connectivity index (χ0v) is 8.62. The van der Waals surface area contributed by atoms with Crippen LogP contribution in [-0.2, 0) is 9.53 Å². The first-order valence-corrected chi connectivity index (χ1v) is 4.74. The largest absolute Gasteiger partial charge is 0.366 e. The lowest BCUT2D eigenvalue weighted by Gasteiger charge is -2.05. The maximum atomic E-state index is 11.1. The van der Waals surface area contributed by atoms with Crippen LogP contribution < -0.4 is 22.1 Å². The highest BCUT2D eigenvalue weighted by atomic mass is 16.5. The minimum absolute atomic E-state index is 0.0949. The maximum Gasteiger partial charge on any atom is 0.312 e. The highest BCUT2D eigenvalue weighted by molar-refractivity contribution is 5.75. The van der Waals surface area contributed by atoms with E-state index in [9.17, 15) is 9.59 Å². The third-order valence-electron chi connectivity index (χ3n) is 1.57. The van der Waals surface area contributed by atoms with Gasteiger partial charge in [-0.1, -0.05) is 0 Å². The van der Waals surface area contributed by atoms with Crippen LogP contribution in [0.15, 0.2) is 0 Å². The average molecular weight is 218 g/mol. The normalized spacial score (nSPS) is 9.67. The van der Waals surface area contributed by atoms with Crippen molar-refractivity contribution in [2.75, 3.05) is 26.4 Å². The molecule has 0 unspecified atom stereocenters. The van der Waals surface area contributed by atoms with Gasteiger partial charge in [-0.2, -0.15) is 0 Å². The predicted molar refractivity (Wildman–Crippen MR) is 54.8 cm³/mol. The van der Waals surface area contributed by atoms with E-state index in [-0.39, 0.29) is 12.6 Å². The van der Waals surface area contributed by atoms with Gasteiger partial charge in [-0.25, -0.2) is 4.79 Å². The van der Waals surface area contributed by atoms with Crippen molar-refractivity contribution in [1.82, 2.24) is 10.6 Å². The summed E-state index contributed by atoms with van der Waals surface area (Å²) >= 11 is 0. The summed E-state index contributed by atoms with van der Waals surface area (Å²) in [5.74, 6) is -0.0949. The molecule has 6 N–H and O–H groups in total. The van der Waals surface area contributed by atoms with Crippen molar-refractivity contribution in [2.24, 2.45) is 11.5 Å². The predicted octanol–water partition coefficient (Wildman–Crippen LogP) is -1.52. The lowest BCUT2D eigenvalue weighted by atomic mass is 10.4. The summed E-state index contributed by atoms with van der Waals surface area (Å²) in [5.41, 5.74) is 9.93. The number of nitrogens with two attached hydrogens (primary N) is 2. The summed E-state index contributed by atoms with van der Waals surface area (Å²) in [6.07, 6.45) is 0.937. The number of rotatable bonds is 8. The van der Waals surface area contributed by atoms with Gasteiger partial charge in [-0.05, 0) is 6.42 Å². The summed E-state index contributed by atoms with van der Waals surface area (Å²) in [6.45, 7) is 1.40. The molecular weight excluding hydrogens is 200 g/mol. The van der Waals surface area contributed by atoms with Crippen molar-refractivity contribution in [2.45, 2.75) is 12.8 Å². The van der Waals surface area contributed by atoms with Gasteiger partial charge in [-0.15, -0.1) is 0 Å². The third-order valence-corrected chi connectivity index (χ3v) is 1.57. The molecule has 0 saturated carbocycles. The summed E-state index contributed by atoms with van der Waals surface area (Å²) < 4.78 is 4.81. The van der Waals surface area contributed by atoms with E-state index in [2.05, 4.69) is 10.6 Å². The number of ether oxygens (including phenoxy) is 1. The van der Waals surface area contributed by atoms with Crippen LogP contribution in [0.5, 0.6) is 0 Å². The molecule has 15 heavy (non-hydrogen) atoms. The van der Waals surface area contributed by atoms with Crippen LogP contribution in [0.25, 0.3) is 0 Å². The van der Waals surface area contributed by atoms with E-state index in [0.29, 0.717) is 32.5 Å². The minimum Gasteiger partial charge on any atom is -0.366 e. The number of carbonyl (C=O) groups excluding carboxylic acids is 2. The fourth-order valence-corrected chi connectivity index (χ4v) is 0.864. The molecule has 0 fully saturated rings. The zero-order valence-electron chi connectivity index (χ0n) is 8.62. The van der Waals surface area contributed by atoms with Crippen LogP contribution in [0.4, 0.5) is 4.79 Å². The van der Waals surface area contributed by atoms with Gasteiger partial charge in [0.15, 0.2) is 0 Å². The van der Waals surface area contributed by atoms with Crippen LogP contribution in [0.3, 0.4) is 0 Å². The molecule has 0 bridgehead atoms. The van der Waals surface area contributed by atoms with Crippen LogP contribution >= 0.6 is 0 Å². The van der Waals surface area contributed by atoms with E-state index in [0.717, 1.165) is 0 Å². The minimum atomic E-state index is -0.558. The Morgan fingerprint density at radius 2 is 1.87 bits per heavy atom. The molecule has 0 atom stereocenters. The number of primary amides is 1. The number of hydrogen-bond donors (Lipinski definition) is 4. The Morgan fingerprint density at radius 3 is 2.47 bits per heavy atom. The van der Waals surface area contributed by atoms with E-state index in [1.807, 2.05) is 0 Å². The first-order valence-electron chi connectivity index (χ1n) is 4.74. The number of urea groups is 1. The molecule has 0 rings (SSSR count). The monoisotopic (exact) mass is 218 g/mol. The molecule has 0 radical (unpaired) electrons. The quantitative estimate of drug-likeness (QED) is 0.292. The molecule has 88 valence electrons. The van der Waals surface area contributed by atoms with Crippen LogP contribution in [0.1, 0.15) is 12.8 Å². The standard InChI is InChI=1S/C8H18N4O3/c9-6-15-5-2-7(13)11-3-1-4-12-8(10)14/h1-6,9H2,(H,11,13)(H3,10,12,14). The SMILES string of the molecule is NCOCCC(=O)NCCCNC(N)=O. The van der Waals surface area contributed by atoms with Crippen molar-refractivity contribution >= 4 is 11.9 Å². The molecule has 0 aliphatic carbocycles. The van der Waals surface area contributed by atoms with Gasteiger partial charge >= 0.3 is 6.03 Å². The van der Waals surface area contributed by atoms with E-state index < -0.39 is 6.03 Å². The fraction of sp³-hybridized carbons (Fsp3) is 0.750. The Kier molecular flexibility index (Phi) is 8.40. The first kappa shape index (κ1) is 13.7. The van der Waals surface area contributed by atoms with Crippen LogP contribution in [0, 0.1) is 0 Å². The molecule has 0 aliphatic heterocycles. The van der Waals surface area contributed by atoms with Gasteiger partial charge in [-0.3, -0.25) is 4.79 Å². The van der Waals surface area contributed by atoms with Crippen LogP contribution in [-0.4, -0.2) is 38.4 Å². The van der Waals surface area contributed by atoms with Gasteiger partial charge in [0.2, 0.25) is 5.91 Å². The van der Waals surface area contributed by atoms with E-state index in [1.165, 1.54) is 0 Å². The van der Waals surface area contributed by atoms with Gasteiger partial charge in [0.25, 0.3) is 0 Å². The number of carbonyl (C=O) groups is 2. The fourth-order valence-electron chi connectivity index (χ4n) is 0.864. The van der Waals surface area contributed by atoms with Gasteiger partial charge in [0, 0.05) is 13.1 Å².